The summed E-state index contributed by atoms with van der Waals surface area (Å²) in [7, 11) is -3.62. The fourth-order valence-electron chi connectivity index (χ4n) is 8.74. The van der Waals surface area contributed by atoms with Gasteiger partial charge in [-0.05, 0) is 112 Å². The number of likely N-dealkylation sites (tertiary alicyclic amines) is 1. The Morgan fingerprint density at radius 3 is 2.40 bits per heavy atom. The molecule has 0 bridgehead atoms. The summed E-state index contributed by atoms with van der Waals surface area (Å²) in [5.41, 5.74) is 1.40. The number of carbonyl (C=O) groups is 1. The van der Waals surface area contributed by atoms with Crippen molar-refractivity contribution in [2.24, 2.45) is 5.92 Å². The largest absolute Gasteiger partial charge is 0.416 e. The van der Waals surface area contributed by atoms with Crippen molar-refractivity contribution in [3.63, 3.8) is 0 Å². The second kappa shape index (κ2) is 15.5. The van der Waals surface area contributed by atoms with Crippen LogP contribution in [-0.2, 0) is 28.0 Å². The first-order valence-corrected chi connectivity index (χ1v) is 21.1. The van der Waals surface area contributed by atoms with Gasteiger partial charge in [0.05, 0.1) is 38.5 Å². The molecule has 0 spiro atoms. The number of halogens is 3. The third-order valence-corrected chi connectivity index (χ3v) is 13.7. The van der Waals surface area contributed by atoms with Crippen LogP contribution in [0.2, 0.25) is 0 Å². The molecule has 3 aliphatic rings. The number of nitrogens with zero attached hydrogens (tertiary/aromatic N) is 2. The molecular weight excluding hydrogens is 696 g/mol. The minimum absolute atomic E-state index is 0.0632. The van der Waals surface area contributed by atoms with E-state index in [2.05, 4.69) is 10.2 Å². The van der Waals surface area contributed by atoms with Crippen LogP contribution in [0.5, 0.6) is 0 Å². The van der Waals surface area contributed by atoms with Crippen molar-refractivity contribution in [1.29, 1.82) is 0 Å². The van der Waals surface area contributed by atoms with E-state index >= 15 is 0 Å². The van der Waals surface area contributed by atoms with E-state index in [0.717, 1.165) is 56.2 Å². The lowest BCUT2D eigenvalue weighted by molar-refractivity contribution is -0.137. The maximum absolute atomic E-state index is 14.7. The number of nitrogens with one attached hydrogen (secondary N) is 1. The topological polar surface area (TPSA) is 79.4 Å². The van der Waals surface area contributed by atoms with Gasteiger partial charge in [-0.2, -0.15) is 13.2 Å². The molecule has 6 nitrogen and oxygen atoms in total. The highest BCUT2D eigenvalue weighted by molar-refractivity contribution is 7.91. The van der Waals surface area contributed by atoms with Gasteiger partial charge >= 0.3 is 6.18 Å². The Morgan fingerprint density at radius 2 is 1.68 bits per heavy atom. The number of pyridine rings is 1. The first-order chi connectivity index (χ1) is 25.5. The number of amides is 1. The number of carbonyl (C=O) groups excluding carboxylic acids is 1. The molecular formula is C43H50F3N3O3S. The number of alkyl halides is 3. The quantitative estimate of drug-likeness (QED) is 0.155. The van der Waals surface area contributed by atoms with Crippen molar-refractivity contribution in [1.82, 2.24) is 15.2 Å². The Hall–Kier alpha value is -3.76. The van der Waals surface area contributed by atoms with Gasteiger partial charge in [0.25, 0.3) is 5.91 Å². The van der Waals surface area contributed by atoms with Gasteiger partial charge in [-0.1, -0.05) is 81.1 Å². The fraction of sp³-hybridized carbons (Fsp3) is 0.488. The molecule has 2 saturated carbocycles. The average Bonchev–Trinajstić information content (AvgIpc) is 3.99. The lowest BCUT2D eigenvalue weighted by atomic mass is 9.88. The second-order valence-electron chi connectivity index (χ2n) is 15.4. The standard InChI is InChI=1S/C43H50F3N3O3S/c1-2-53(51,52)35-22-23-36-38(29-35)47-40(31-14-11-17-33(28-31)43(44,45)46)37(39(36)41(50)48-42(24-25-42)32-15-5-3-6-16-32)19-10-13-30-12-9-18-34(21-20-30)49-26-7-4-8-27-49/h3,5-6,11,14-17,22-23,28-30,34H,2,4,7-10,12-13,18-21,24-27H2,1H3,(H,48,50). The predicted molar refractivity (Wildman–Crippen MR) is 203 cm³/mol. The fourth-order valence-corrected chi connectivity index (χ4v) is 9.64. The minimum Gasteiger partial charge on any atom is -0.342 e. The molecule has 1 N–H and O–H groups in total. The summed E-state index contributed by atoms with van der Waals surface area (Å²) in [6, 6.07) is 20.2. The maximum atomic E-state index is 14.7. The first kappa shape index (κ1) is 37.6. The molecule has 2 atom stereocenters. The minimum atomic E-state index is -4.57. The molecule has 1 saturated heterocycles. The number of hydrogen-bond acceptors (Lipinski definition) is 5. The molecule has 7 rings (SSSR count). The number of benzene rings is 3. The Balaban J connectivity index is 1.28. The highest BCUT2D eigenvalue weighted by Gasteiger charge is 2.46. The molecule has 1 amide bonds. The van der Waals surface area contributed by atoms with Gasteiger partial charge in [-0.25, -0.2) is 13.4 Å². The van der Waals surface area contributed by atoms with Gasteiger partial charge in [-0.3, -0.25) is 4.79 Å². The molecule has 282 valence electrons. The molecule has 2 heterocycles. The zero-order valence-corrected chi connectivity index (χ0v) is 31.4. The van der Waals surface area contributed by atoms with Crippen molar-refractivity contribution < 1.29 is 26.4 Å². The van der Waals surface area contributed by atoms with E-state index in [-0.39, 0.29) is 33.3 Å². The lowest BCUT2D eigenvalue weighted by Gasteiger charge is -2.34. The lowest BCUT2D eigenvalue weighted by Crippen LogP contribution is -2.38. The van der Waals surface area contributed by atoms with Crippen molar-refractivity contribution in [2.75, 3.05) is 18.8 Å². The average molecular weight is 746 g/mol. The second-order valence-corrected chi connectivity index (χ2v) is 17.7. The summed E-state index contributed by atoms with van der Waals surface area (Å²) in [5.74, 6) is 0.0956. The monoisotopic (exact) mass is 745 g/mol. The van der Waals surface area contributed by atoms with Gasteiger partial charge in [0.15, 0.2) is 9.84 Å². The van der Waals surface area contributed by atoms with Crippen LogP contribution in [0, 0.1) is 5.92 Å². The van der Waals surface area contributed by atoms with Gasteiger partial charge in [0.1, 0.15) is 0 Å². The van der Waals surface area contributed by atoms with Crippen molar-refractivity contribution in [3.05, 3.63) is 95.1 Å². The van der Waals surface area contributed by atoms with Gasteiger partial charge < -0.3 is 10.2 Å². The van der Waals surface area contributed by atoms with Crippen LogP contribution >= 0.6 is 0 Å². The molecule has 3 aromatic carbocycles. The summed E-state index contributed by atoms with van der Waals surface area (Å²) >= 11 is 0. The molecule has 0 radical (unpaired) electrons. The molecule has 10 heteroatoms. The van der Waals surface area contributed by atoms with Crippen molar-refractivity contribution in [3.8, 4) is 11.3 Å². The molecule has 1 aromatic heterocycles. The van der Waals surface area contributed by atoms with Crippen LogP contribution in [-0.4, -0.2) is 49.1 Å². The number of hydrogen-bond donors (Lipinski definition) is 1. The first-order valence-electron chi connectivity index (χ1n) is 19.5. The molecule has 2 aliphatic carbocycles. The molecule has 2 unspecified atom stereocenters. The highest BCUT2D eigenvalue weighted by Crippen LogP contribution is 2.46. The number of aromatic nitrogens is 1. The maximum Gasteiger partial charge on any atom is 0.416 e. The molecule has 1 aliphatic heterocycles. The van der Waals surface area contributed by atoms with E-state index in [4.69, 9.17) is 4.98 Å². The number of piperidine rings is 1. The van der Waals surface area contributed by atoms with Crippen LogP contribution < -0.4 is 5.32 Å². The van der Waals surface area contributed by atoms with Gasteiger partial charge in [-0.15, -0.1) is 0 Å². The normalized spacial score (nSPS) is 20.9. The summed E-state index contributed by atoms with van der Waals surface area (Å²) in [5, 5.41) is 3.81. The zero-order chi connectivity index (χ0) is 37.2. The van der Waals surface area contributed by atoms with Crippen LogP contribution in [0.1, 0.15) is 111 Å². The molecule has 3 fully saturated rings. The summed E-state index contributed by atoms with van der Waals surface area (Å²) in [6.07, 6.45) is 8.93. The number of sulfone groups is 1. The van der Waals surface area contributed by atoms with E-state index in [1.165, 1.54) is 69.8 Å². The highest BCUT2D eigenvalue weighted by atomic mass is 32.2. The summed E-state index contributed by atoms with van der Waals surface area (Å²) in [4.78, 5) is 22.4. The number of fused-ring (bicyclic) bond motifs is 1. The Labute approximate surface area is 311 Å². The Bertz CT molecular complexity index is 2040. The van der Waals surface area contributed by atoms with E-state index in [1.807, 2.05) is 30.3 Å². The van der Waals surface area contributed by atoms with E-state index in [1.54, 1.807) is 19.1 Å². The van der Waals surface area contributed by atoms with Crippen LogP contribution in [0.3, 0.4) is 0 Å². The van der Waals surface area contributed by atoms with E-state index < -0.39 is 27.1 Å². The van der Waals surface area contributed by atoms with Gasteiger partial charge in [0, 0.05) is 17.0 Å². The zero-order valence-electron chi connectivity index (χ0n) is 30.6. The molecule has 53 heavy (non-hydrogen) atoms. The third kappa shape index (κ3) is 8.34. The van der Waals surface area contributed by atoms with Crippen LogP contribution in [0.25, 0.3) is 22.2 Å². The van der Waals surface area contributed by atoms with Crippen LogP contribution in [0.15, 0.2) is 77.7 Å². The van der Waals surface area contributed by atoms with Gasteiger partial charge in [0.2, 0.25) is 0 Å². The molecule has 4 aromatic rings. The third-order valence-electron chi connectivity index (χ3n) is 11.9. The Kier molecular flexibility index (Phi) is 11.0. The van der Waals surface area contributed by atoms with Crippen molar-refractivity contribution >= 4 is 26.6 Å². The predicted octanol–water partition coefficient (Wildman–Crippen LogP) is 9.89. The summed E-state index contributed by atoms with van der Waals surface area (Å²) < 4.78 is 68.1. The van der Waals surface area contributed by atoms with E-state index in [0.29, 0.717) is 34.9 Å². The summed E-state index contributed by atoms with van der Waals surface area (Å²) in [6.45, 7) is 3.96. The smallest absolute Gasteiger partial charge is 0.342 e. The van der Waals surface area contributed by atoms with Crippen molar-refractivity contribution in [2.45, 2.75) is 113 Å². The Morgan fingerprint density at radius 1 is 0.906 bits per heavy atom. The number of rotatable bonds is 11. The van der Waals surface area contributed by atoms with E-state index in [9.17, 15) is 26.4 Å². The van der Waals surface area contributed by atoms with Crippen LogP contribution in [0.4, 0.5) is 13.2 Å². The SMILES string of the molecule is CCS(=O)(=O)c1ccc2c(C(=O)NC3(c4ccccc4)CC3)c(CCCC3CCCC(N4CCCCC4)CC3)c(-c3cccc(C(F)(F)F)c3)nc2c1.